The molecule has 5 aromatic rings. The number of nitrogens with zero attached hydrogens (tertiary/aromatic N) is 2. The molecular formula is C26H18ClF3N4. The van der Waals surface area contributed by atoms with Gasteiger partial charge in [-0.1, -0.05) is 54.1 Å². The fourth-order valence-corrected chi connectivity index (χ4v) is 4.09. The summed E-state index contributed by atoms with van der Waals surface area (Å²) in [6.45, 7) is 0. The van der Waals surface area contributed by atoms with Crippen LogP contribution in [-0.2, 0) is 6.18 Å². The second kappa shape index (κ2) is 8.43. The summed E-state index contributed by atoms with van der Waals surface area (Å²) in [7, 11) is 0. The van der Waals surface area contributed by atoms with Crippen molar-refractivity contribution in [2.24, 2.45) is 0 Å². The number of halogens is 4. The third kappa shape index (κ3) is 4.06. The van der Waals surface area contributed by atoms with Crippen molar-refractivity contribution in [2.45, 2.75) is 6.18 Å². The number of fused-ring (bicyclic) bond motifs is 1. The number of para-hydroxylation sites is 2. The molecule has 5 rings (SSSR count). The maximum absolute atomic E-state index is 14.0. The summed E-state index contributed by atoms with van der Waals surface area (Å²) in [4.78, 5) is 0. The number of nitrogens with one attached hydrogen (secondary N) is 1. The predicted molar refractivity (Wildman–Crippen MR) is 131 cm³/mol. The smallest absolute Gasteiger partial charge is 0.399 e. The summed E-state index contributed by atoms with van der Waals surface area (Å²) >= 11 is 6.37. The van der Waals surface area contributed by atoms with Gasteiger partial charge in [0.15, 0.2) is 5.82 Å². The minimum absolute atomic E-state index is 0.0736. The fraction of sp³-hybridized carbons (Fsp3) is 0.0385. The number of aromatic nitrogens is 2. The van der Waals surface area contributed by atoms with Crippen LogP contribution in [0.1, 0.15) is 5.56 Å². The van der Waals surface area contributed by atoms with Crippen LogP contribution in [0.3, 0.4) is 0 Å². The Morgan fingerprint density at radius 3 is 2.29 bits per heavy atom. The molecule has 4 nitrogen and oxygen atoms in total. The summed E-state index contributed by atoms with van der Waals surface area (Å²) in [5, 5.41) is 8.94. The first-order valence-electron chi connectivity index (χ1n) is 10.4. The zero-order valence-electron chi connectivity index (χ0n) is 17.6. The van der Waals surface area contributed by atoms with E-state index in [1.54, 1.807) is 41.1 Å². The average molecular weight is 479 g/mol. The van der Waals surface area contributed by atoms with Gasteiger partial charge in [0, 0.05) is 16.8 Å². The largest absolute Gasteiger partial charge is 0.417 e. The monoisotopic (exact) mass is 478 g/mol. The Morgan fingerprint density at radius 2 is 1.56 bits per heavy atom. The summed E-state index contributed by atoms with van der Waals surface area (Å²) < 4.78 is 43.6. The molecule has 170 valence electrons. The highest BCUT2D eigenvalue weighted by Gasteiger charge is 2.34. The molecule has 0 aliphatic rings. The molecule has 0 atom stereocenters. The van der Waals surface area contributed by atoms with Crippen LogP contribution in [0.5, 0.6) is 0 Å². The maximum Gasteiger partial charge on any atom is 0.417 e. The van der Waals surface area contributed by atoms with Gasteiger partial charge in [-0.2, -0.15) is 13.2 Å². The zero-order chi connectivity index (χ0) is 23.9. The van der Waals surface area contributed by atoms with Gasteiger partial charge in [-0.3, -0.25) is 0 Å². The third-order valence-corrected chi connectivity index (χ3v) is 5.80. The molecule has 0 radical (unpaired) electrons. The van der Waals surface area contributed by atoms with Gasteiger partial charge in [-0.25, -0.2) is 4.68 Å². The van der Waals surface area contributed by atoms with E-state index in [1.165, 1.54) is 6.07 Å². The van der Waals surface area contributed by atoms with Crippen molar-refractivity contribution in [2.75, 3.05) is 11.1 Å². The van der Waals surface area contributed by atoms with Crippen molar-refractivity contribution in [1.29, 1.82) is 0 Å². The number of anilines is 3. The number of nitrogen functional groups attached to an aromatic ring is 1. The molecule has 1 heterocycles. The van der Waals surface area contributed by atoms with E-state index in [0.29, 0.717) is 27.8 Å². The van der Waals surface area contributed by atoms with Crippen LogP contribution in [-0.4, -0.2) is 9.78 Å². The minimum atomic E-state index is -4.55. The Bertz CT molecular complexity index is 1490. The first-order chi connectivity index (χ1) is 16.3. The SMILES string of the molecule is Nc1ccc(-c2ccc(Nc3nn(-c4ccccc4Cl)c4ccccc34)cc2C(F)(F)F)cc1. The summed E-state index contributed by atoms with van der Waals surface area (Å²) in [6.07, 6.45) is -4.55. The molecule has 0 aliphatic carbocycles. The topological polar surface area (TPSA) is 55.9 Å². The lowest BCUT2D eigenvalue weighted by Crippen LogP contribution is -2.08. The minimum Gasteiger partial charge on any atom is -0.399 e. The average Bonchev–Trinajstić information content (AvgIpc) is 3.18. The highest BCUT2D eigenvalue weighted by Crippen LogP contribution is 2.40. The second-order valence-corrected chi connectivity index (χ2v) is 8.14. The lowest BCUT2D eigenvalue weighted by molar-refractivity contribution is -0.137. The van der Waals surface area contributed by atoms with Crippen LogP contribution in [0.2, 0.25) is 5.02 Å². The van der Waals surface area contributed by atoms with E-state index in [1.807, 2.05) is 42.5 Å². The van der Waals surface area contributed by atoms with Crippen LogP contribution < -0.4 is 11.1 Å². The summed E-state index contributed by atoms with van der Waals surface area (Å²) in [5.74, 6) is 0.420. The van der Waals surface area contributed by atoms with Crippen molar-refractivity contribution in [3.05, 3.63) is 102 Å². The Balaban J connectivity index is 1.59. The van der Waals surface area contributed by atoms with Crippen LogP contribution >= 0.6 is 11.6 Å². The van der Waals surface area contributed by atoms with Crippen molar-refractivity contribution >= 4 is 39.7 Å². The molecule has 0 saturated carbocycles. The highest BCUT2D eigenvalue weighted by atomic mass is 35.5. The number of alkyl halides is 3. The van der Waals surface area contributed by atoms with Crippen LogP contribution in [0.4, 0.5) is 30.4 Å². The predicted octanol–water partition coefficient (Wildman–Crippen LogP) is 7.69. The van der Waals surface area contributed by atoms with Gasteiger partial charge in [0.2, 0.25) is 0 Å². The van der Waals surface area contributed by atoms with Crippen LogP contribution in [0, 0.1) is 0 Å². The molecular weight excluding hydrogens is 461 g/mol. The molecule has 34 heavy (non-hydrogen) atoms. The maximum atomic E-state index is 14.0. The Labute approximate surface area is 198 Å². The molecule has 3 N–H and O–H groups in total. The normalized spacial score (nSPS) is 11.6. The lowest BCUT2D eigenvalue weighted by atomic mass is 9.98. The van der Waals surface area contributed by atoms with Gasteiger partial charge in [0.05, 0.1) is 21.8 Å². The fourth-order valence-electron chi connectivity index (χ4n) is 3.87. The molecule has 0 unspecified atom stereocenters. The Kier molecular flexibility index (Phi) is 5.42. The molecule has 0 aliphatic heterocycles. The van der Waals surface area contributed by atoms with E-state index in [2.05, 4.69) is 10.4 Å². The van der Waals surface area contributed by atoms with Crippen LogP contribution in [0.15, 0.2) is 91.0 Å². The van der Waals surface area contributed by atoms with E-state index in [4.69, 9.17) is 17.3 Å². The highest BCUT2D eigenvalue weighted by molar-refractivity contribution is 6.32. The number of hydrogen-bond acceptors (Lipinski definition) is 3. The number of rotatable bonds is 4. The van der Waals surface area contributed by atoms with E-state index in [-0.39, 0.29) is 11.3 Å². The van der Waals surface area contributed by atoms with Gasteiger partial charge < -0.3 is 11.1 Å². The van der Waals surface area contributed by atoms with E-state index < -0.39 is 11.7 Å². The van der Waals surface area contributed by atoms with Gasteiger partial charge in [-0.15, -0.1) is 5.10 Å². The van der Waals surface area contributed by atoms with E-state index >= 15 is 0 Å². The molecule has 0 fully saturated rings. The first kappa shape index (κ1) is 21.9. The van der Waals surface area contributed by atoms with Crippen molar-refractivity contribution in [3.8, 4) is 16.8 Å². The van der Waals surface area contributed by atoms with Gasteiger partial charge in [-0.05, 0) is 59.7 Å². The van der Waals surface area contributed by atoms with Gasteiger partial charge in [0.1, 0.15) is 0 Å². The number of hydrogen-bond donors (Lipinski definition) is 2. The van der Waals surface area contributed by atoms with E-state index in [0.717, 1.165) is 17.0 Å². The standard InChI is InChI=1S/C26H18ClF3N4/c27-22-6-2-4-8-24(22)34-23-7-3-1-5-20(23)25(33-34)32-18-13-14-19(21(15-18)26(28,29)30)16-9-11-17(31)12-10-16/h1-15H,31H2,(H,32,33). The number of benzene rings is 4. The molecule has 8 heteroatoms. The lowest BCUT2D eigenvalue weighted by Gasteiger charge is -2.15. The van der Waals surface area contributed by atoms with Gasteiger partial charge in [0.25, 0.3) is 0 Å². The van der Waals surface area contributed by atoms with E-state index in [9.17, 15) is 13.2 Å². The second-order valence-electron chi connectivity index (χ2n) is 7.73. The Hall–Kier alpha value is -3.97. The van der Waals surface area contributed by atoms with Gasteiger partial charge >= 0.3 is 6.18 Å². The molecule has 4 aromatic carbocycles. The first-order valence-corrected chi connectivity index (χ1v) is 10.8. The van der Waals surface area contributed by atoms with Crippen LogP contribution in [0.25, 0.3) is 27.7 Å². The van der Waals surface area contributed by atoms with Crippen molar-refractivity contribution in [3.63, 3.8) is 0 Å². The molecule has 0 saturated heterocycles. The van der Waals surface area contributed by atoms with Crippen molar-refractivity contribution < 1.29 is 13.2 Å². The molecule has 1 aromatic heterocycles. The quantitative estimate of drug-likeness (QED) is 0.260. The number of nitrogens with two attached hydrogens (primary N) is 1. The Morgan fingerprint density at radius 1 is 0.853 bits per heavy atom. The summed E-state index contributed by atoms with van der Waals surface area (Å²) in [6, 6.07) is 25.1. The third-order valence-electron chi connectivity index (χ3n) is 5.48. The summed E-state index contributed by atoms with van der Waals surface area (Å²) in [5.41, 5.74) is 7.63. The molecule has 0 spiro atoms. The molecule has 0 amide bonds. The molecule has 0 bridgehead atoms. The zero-order valence-corrected chi connectivity index (χ0v) is 18.4. The van der Waals surface area contributed by atoms with Crippen molar-refractivity contribution in [1.82, 2.24) is 9.78 Å².